The zero-order chi connectivity index (χ0) is 16.8. The fraction of sp³-hybridized carbons (Fsp3) is 0.600. The van der Waals surface area contributed by atoms with Crippen molar-refractivity contribution in [1.29, 1.82) is 0 Å². The molecule has 0 atom stereocenters. The molecule has 1 saturated heterocycles. The summed E-state index contributed by atoms with van der Waals surface area (Å²) < 4.78 is 4.91. The maximum atomic E-state index is 12.1. The molecular formula is C15H23N5O3. The van der Waals surface area contributed by atoms with Crippen molar-refractivity contribution in [2.75, 3.05) is 51.3 Å². The van der Waals surface area contributed by atoms with Crippen LogP contribution < -0.4 is 10.2 Å². The molecule has 0 aliphatic carbocycles. The number of piperazine rings is 1. The van der Waals surface area contributed by atoms with Crippen molar-refractivity contribution in [3.05, 3.63) is 17.5 Å². The molecule has 8 heteroatoms. The number of nitrogens with one attached hydrogen (secondary N) is 1. The molecule has 1 aromatic rings. The van der Waals surface area contributed by atoms with E-state index in [0.29, 0.717) is 51.0 Å². The van der Waals surface area contributed by atoms with Gasteiger partial charge in [0, 0.05) is 52.5 Å². The number of hydrogen-bond acceptors (Lipinski definition) is 6. The van der Waals surface area contributed by atoms with Crippen molar-refractivity contribution in [2.24, 2.45) is 0 Å². The number of ether oxygens (including phenoxy) is 1. The van der Waals surface area contributed by atoms with Crippen molar-refractivity contribution in [3.63, 3.8) is 0 Å². The number of nitrogens with zero attached hydrogens (tertiary/aromatic N) is 4. The molecule has 0 spiro atoms. The normalized spacial score (nSPS) is 14.7. The van der Waals surface area contributed by atoms with Crippen molar-refractivity contribution in [2.45, 2.75) is 13.8 Å². The molecule has 8 nitrogen and oxygen atoms in total. The van der Waals surface area contributed by atoms with Gasteiger partial charge in [0.05, 0.1) is 6.61 Å². The molecule has 0 radical (unpaired) electrons. The van der Waals surface area contributed by atoms with E-state index in [1.165, 1.54) is 0 Å². The van der Waals surface area contributed by atoms with Crippen molar-refractivity contribution < 1.29 is 14.3 Å². The first kappa shape index (κ1) is 17.1. The van der Waals surface area contributed by atoms with Crippen molar-refractivity contribution in [1.82, 2.24) is 20.2 Å². The Labute approximate surface area is 135 Å². The molecule has 1 aliphatic rings. The number of amides is 2. The van der Waals surface area contributed by atoms with Crippen LogP contribution in [0, 0.1) is 6.92 Å². The first-order chi connectivity index (χ1) is 11.0. The molecule has 126 valence electrons. The monoisotopic (exact) mass is 321 g/mol. The highest BCUT2D eigenvalue weighted by Crippen LogP contribution is 2.13. The minimum Gasteiger partial charge on any atom is -0.383 e. The van der Waals surface area contributed by atoms with Gasteiger partial charge in [0.2, 0.25) is 11.9 Å². The summed E-state index contributed by atoms with van der Waals surface area (Å²) in [5.41, 5.74) is 1.08. The van der Waals surface area contributed by atoms with E-state index < -0.39 is 0 Å². The van der Waals surface area contributed by atoms with E-state index in [1.54, 1.807) is 25.0 Å². The summed E-state index contributed by atoms with van der Waals surface area (Å²) in [7, 11) is 1.58. The Hall–Kier alpha value is -2.22. The van der Waals surface area contributed by atoms with Crippen LogP contribution >= 0.6 is 0 Å². The van der Waals surface area contributed by atoms with Gasteiger partial charge in [-0.15, -0.1) is 0 Å². The van der Waals surface area contributed by atoms with E-state index in [9.17, 15) is 9.59 Å². The highest BCUT2D eigenvalue weighted by Gasteiger charge is 2.21. The molecule has 23 heavy (non-hydrogen) atoms. The second-order valence-corrected chi connectivity index (χ2v) is 5.44. The van der Waals surface area contributed by atoms with Crippen molar-refractivity contribution in [3.8, 4) is 0 Å². The fourth-order valence-corrected chi connectivity index (χ4v) is 2.39. The summed E-state index contributed by atoms with van der Waals surface area (Å²) in [6.07, 6.45) is 0. The number of carbonyl (C=O) groups excluding carboxylic acids is 2. The summed E-state index contributed by atoms with van der Waals surface area (Å²) in [5, 5.41) is 2.75. The Morgan fingerprint density at radius 3 is 2.57 bits per heavy atom. The number of aryl methyl sites for hydroxylation is 1. The molecule has 1 aromatic heterocycles. The molecule has 1 aliphatic heterocycles. The van der Waals surface area contributed by atoms with Crippen LogP contribution in [0.1, 0.15) is 23.1 Å². The Balaban J connectivity index is 2.05. The van der Waals surface area contributed by atoms with Crippen LogP contribution in [0.25, 0.3) is 0 Å². The molecule has 2 rings (SSSR count). The smallest absolute Gasteiger partial charge is 0.270 e. The quantitative estimate of drug-likeness (QED) is 0.758. The molecule has 2 heterocycles. The highest BCUT2D eigenvalue weighted by atomic mass is 16.5. The zero-order valence-corrected chi connectivity index (χ0v) is 13.8. The van der Waals surface area contributed by atoms with Gasteiger partial charge < -0.3 is 19.9 Å². The topological polar surface area (TPSA) is 87.7 Å². The summed E-state index contributed by atoms with van der Waals surface area (Å²) in [6.45, 7) is 6.90. The first-order valence-electron chi connectivity index (χ1n) is 7.64. The molecule has 1 fully saturated rings. The van der Waals surface area contributed by atoms with Crippen molar-refractivity contribution >= 4 is 17.8 Å². The SMILES string of the molecule is COCCNC(=O)c1cc(C)nc(N2CCN(C(C)=O)CC2)n1. The van der Waals surface area contributed by atoms with Gasteiger partial charge >= 0.3 is 0 Å². The Kier molecular flexibility index (Phi) is 5.86. The van der Waals surface area contributed by atoms with Gasteiger partial charge in [-0.2, -0.15) is 0 Å². The number of anilines is 1. The first-order valence-corrected chi connectivity index (χ1v) is 7.64. The van der Waals surface area contributed by atoms with Gasteiger partial charge in [-0.05, 0) is 13.0 Å². The second-order valence-electron chi connectivity index (χ2n) is 5.44. The van der Waals surface area contributed by atoms with Crippen LogP contribution in [0.5, 0.6) is 0 Å². The lowest BCUT2D eigenvalue weighted by atomic mass is 10.3. The van der Waals surface area contributed by atoms with Gasteiger partial charge in [0.15, 0.2) is 0 Å². The van der Waals surface area contributed by atoms with Crippen LogP contribution in [0.4, 0.5) is 5.95 Å². The lowest BCUT2D eigenvalue weighted by molar-refractivity contribution is -0.129. The molecular weight excluding hydrogens is 298 g/mol. The molecule has 1 N–H and O–H groups in total. The summed E-state index contributed by atoms with van der Waals surface area (Å²) in [6, 6.07) is 1.66. The number of rotatable bonds is 5. The van der Waals surface area contributed by atoms with Crippen LogP contribution in [0.2, 0.25) is 0 Å². The Morgan fingerprint density at radius 1 is 1.26 bits per heavy atom. The Morgan fingerprint density at radius 2 is 1.96 bits per heavy atom. The van der Waals surface area contributed by atoms with Gasteiger partial charge in [-0.1, -0.05) is 0 Å². The van der Waals surface area contributed by atoms with E-state index in [1.807, 2.05) is 11.8 Å². The van der Waals surface area contributed by atoms with E-state index in [4.69, 9.17) is 4.74 Å². The highest BCUT2D eigenvalue weighted by molar-refractivity contribution is 5.92. The van der Waals surface area contributed by atoms with Gasteiger partial charge in [-0.25, -0.2) is 9.97 Å². The molecule has 0 bridgehead atoms. The zero-order valence-electron chi connectivity index (χ0n) is 13.8. The number of carbonyl (C=O) groups is 2. The minimum atomic E-state index is -0.240. The third kappa shape index (κ3) is 4.62. The predicted octanol–water partition coefficient (Wildman–Crippen LogP) is -0.170. The number of hydrogen-bond donors (Lipinski definition) is 1. The summed E-state index contributed by atoms with van der Waals surface area (Å²) >= 11 is 0. The van der Waals surface area contributed by atoms with Crippen LogP contribution in [-0.2, 0) is 9.53 Å². The molecule has 0 saturated carbocycles. The standard InChI is InChI=1S/C15H23N5O3/c1-11-10-13(14(22)16-4-9-23-3)18-15(17-11)20-7-5-19(6-8-20)12(2)21/h10H,4-9H2,1-3H3,(H,16,22). The fourth-order valence-electron chi connectivity index (χ4n) is 2.39. The summed E-state index contributed by atoms with van der Waals surface area (Å²) in [5.74, 6) is 0.370. The number of aromatic nitrogens is 2. The average molecular weight is 321 g/mol. The maximum Gasteiger partial charge on any atom is 0.270 e. The largest absolute Gasteiger partial charge is 0.383 e. The van der Waals surface area contributed by atoms with E-state index in [-0.39, 0.29) is 11.8 Å². The predicted molar refractivity (Wildman–Crippen MR) is 85.4 cm³/mol. The number of methoxy groups -OCH3 is 1. The van der Waals surface area contributed by atoms with Gasteiger partial charge in [0.25, 0.3) is 5.91 Å². The van der Waals surface area contributed by atoms with Crippen LogP contribution in [-0.4, -0.2) is 73.1 Å². The lowest BCUT2D eigenvalue weighted by Gasteiger charge is -2.34. The third-order valence-electron chi connectivity index (χ3n) is 3.67. The maximum absolute atomic E-state index is 12.1. The molecule has 2 amide bonds. The van der Waals surface area contributed by atoms with Gasteiger partial charge in [0.1, 0.15) is 5.69 Å². The minimum absolute atomic E-state index is 0.0769. The van der Waals surface area contributed by atoms with E-state index >= 15 is 0 Å². The second kappa shape index (κ2) is 7.87. The lowest BCUT2D eigenvalue weighted by Crippen LogP contribution is -2.48. The van der Waals surface area contributed by atoms with E-state index in [0.717, 1.165) is 5.69 Å². The Bertz CT molecular complexity index is 570. The molecule has 0 aromatic carbocycles. The van der Waals surface area contributed by atoms with Crippen LogP contribution in [0.3, 0.4) is 0 Å². The average Bonchev–Trinajstić information content (AvgIpc) is 2.54. The molecule has 0 unspecified atom stereocenters. The third-order valence-corrected chi connectivity index (χ3v) is 3.67. The van der Waals surface area contributed by atoms with E-state index in [2.05, 4.69) is 15.3 Å². The van der Waals surface area contributed by atoms with Gasteiger partial charge in [-0.3, -0.25) is 9.59 Å². The van der Waals surface area contributed by atoms with Crippen LogP contribution in [0.15, 0.2) is 6.07 Å². The summed E-state index contributed by atoms with van der Waals surface area (Å²) in [4.78, 5) is 36.1.